The molecule has 0 aliphatic heterocycles. The van der Waals surface area contributed by atoms with E-state index in [1.54, 1.807) is 20.5 Å². The lowest BCUT2D eigenvalue weighted by Gasteiger charge is -2.22. The highest BCUT2D eigenvalue weighted by Gasteiger charge is 2.25. The van der Waals surface area contributed by atoms with Gasteiger partial charge < -0.3 is 18.8 Å². The van der Waals surface area contributed by atoms with E-state index in [4.69, 9.17) is 19.0 Å². The molecule has 0 atom stereocenters. The van der Waals surface area contributed by atoms with Crippen LogP contribution in [0.2, 0.25) is 0 Å². The Kier molecular flexibility index (Phi) is 5.79. The normalized spacial score (nSPS) is 12.6. The largest absolute Gasteiger partial charge is 0.493 e. The Morgan fingerprint density at radius 1 is 1.17 bits per heavy atom. The van der Waals surface area contributed by atoms with Crippen LogP contribution in [-0.2, 0) is 44.2 Å². The number of aryl methyl sites for hydroxylation is 1. The van der Waals surface area contributed by atoms with E-state index in [0.717, 1.165) is 36.3 Å². The Balaban J connectivity index is 1.56. The van der Waals surface area contributed by atoms with Gasteiger partial charge in [0.25, 0.3) is 0 Å². The fraction of sp³-hybridized carbons (Fsp3) is 0.391. The number of furan rings is 1. The minimum atomic E-state index is 0.0102. The van der Waals surface area contributed by atoms with Crippen LogP contribution in [0, 0.1) is 0 Å². The van der Waals surface area contributed by atoms with Crippen LogP contribution in [0.15, 0.2) is 41.0 Å². The highest BCUT2D eigenvalue weighted by molar-refractivity contribution is 5.79. The van der Waals surface area contributed by atoms with Crippen molar-refractivity contribution < 1.29 is 18.7 Å². The van der Waals surface area contributed by atoms with E-state index in [1.807, 2.05) is 47.0 Å². The summed E-state index contributed by atoms with van der Waals surface area (Å²) in [6.45, 7) is 0.875. The highest BCUT2D eigenvalue weighted by atomic mass is 16.5. The first kappa shape index (κ1) is 20.1. The van der Waals surface area contributed by atoms with Crippen LogP contribution in [0.3, 0.4) is 0 Å². The number of hydrogen-bond acceptors (Lipinski definition) is 5. The molecule has 0 saturated carbocycles. The predicted molar refractivity (Wildman–Crippen MR) is 111 cm³/mol. The van der Waals surface area contributed by atoms with E-state index in [1.165, 1.54) is 11.3 Å². The molecule has 0 unspecified atom stereocenters. The molecule has 1 aromatic carbocycles. The van der Waals surface area contributed by atoms with E-state index < -0.39 is 0 Å². The maximum Gasteiger partial charge on any atom is 0.227 e. The number of aromatic nitrogens is 2. The Morgan fingerprint density at radius 3 is 2.73 bits per heavy atom. The third kappa shape index (κ3) is 4.06. The van der Waals surface area contributed by atoms with Gasteiger partial charge in [-0.3, -0.25) is 9.48 Å². The molecule has 0 saturated heterocycles. The van der Waals surface area contributed by atoms with Gasteiger partial charge in [-0.15, -0.1) is 0 Å². The molecule has 7 nitrogen and oxygen atoms in total. The van der Waals surface area contributed by atoms with Crippen LogP contribution in [-0.4, -0.2) is 34.8 Å². The number of methoxy groups -OCH3 is 2. The molecule has 1 aliphatic rings. The van der Waals surface area contributed by atoms with E-state index in [0.29, 0.717) is 24.6 Å². The maximum absolute atomic E-state index is 13.3. The number of nitrogens with zero attached hydrogens (tertiary/aromatic N) is 3. The second-order valence-electron chi connectivity index (χ2n) is 7.54. The molecule has 2 heterocycles. The second kappa shape index (κ2) is 8.65. The van der Waals surface area contributed by atoms with Gasteiger partial charge in [0.1, 0.15) is 5.76 Å². The van der Waals surface area contributed by atoms with Gasteiger partial charge in [-0.1, -0.05) is 6.07 Å². The SMILES string of the molecule is COc1ccc(CC(=O)N(Cc2ccco2)Cc2nn(C)c3c2CCC3)cc1OC. The summed E-state index contributed by atoms with van der Waals surface area (Å²) in [6.07, 6.45) is 5.11. The van der Waals surface area contributed by atoms with Crippen LogP contribution >= 0.6 is 0 Å². The fourth-order valence-electron chi connectivity index (χ4n) is 4.11. The van der Waals surface area contributed by atoms with Gasteiger partial charge >= 0.3 is 0 Å². The minimum Gasteiger partial charge on any atom is -0.493 e. The summed E-state index contributed by atoms with van der Waals surface area (Å²) < 4.78 is 18.1. The number of ether oxygens (including phenoxy) is 2. The number of benzene rings is 1. The van der Waals surface area contributed by atoms with Gasteiger partial charge in [0.15, 0.2) is 11.5 Å². The molecule has 0 radical (unpaired) electrons. The van der Waals surface area contributed by atoms with Crippen molar-refractivity contribution in [3.05, 3.63) is 64.9 Å². The topological polar surface area (TPSA) is 69.7 Å². The highest BCUT2D eigenvalue weighted by Crippen LogP contribution is 2.29. The van der Waals surface area contributed by atoms with Gasteiger partial charge in [0, 0.05) is 12.7 Å². The summed E-state index contributed by atoms with van der Waals surface area (Å²) in [5.41, 5.74) is 4.43. The average molecular weight is 409 g/mol. The molecule has 0 fully saturated rings. The van der Waals surface area contributed by atoms with Gasteiger partial charge in [-0.2, -0.15) is 5.10 Å². The molecule has 7 heteroatoms. The summed E-state index contributed by atoms with van der Waals surface area (Å²) in [5.74, 6) is 2.02. The zero-order valence-electron chi connectivity index (χ0n) is 17.7. The van der Waals surface area contributed by atoms with Crippen molar-refractivity contribution in [1.82, 2.24) is 14.7 Å². The molecule has 4 rings (SSSR count). The first-order chi connectivity index (χ1) is 14.6. The van der Waals surface area contributed by atoms with Crippen LogP contribution in [0.25, 0.3) is 0 Å². The van der Waals surface area contributed by atoms with Crippen molar-refractivity contribution in [2.75, 3.05) is 14.2 Å². The first-order valence-corrected chi connectivity index (χ1v) is 10.1. The van der Waals surface area contributed by atoms with Crippen LogP contribution in [0.4, 0.5) is 0 Å². The van der Waals surface area contributed by atoms with Crippen LogP contribution in [0.1, 0.15) is 34.7 Å². The molecule has 1 amide bonds. The number of rotatable bonds is 8. The Bertz CT molecular complexity index is 1020. The van der Waals surface area contributed by atoms with Crippen molar-refractivity contribution in [2.24, 2.45) is 7.05 Å². The molecule has 3 aromatic rings. The summed E-state index contributed by atoms with van der Waals surface area (Å²) in [5, 5.41) is 4.70. The minimum absolute atomic E-state index is 0.0102. The molecule has 2 aromatic heterocycles. The third-order valence-electron chi connectivity index (χ3n) is 5.62. The monoisotopic (exact) mass is 409 g/mol. The summed E-state index contributed by atoms with van der Waals surface area (Å²) in [4.78, 5) is 15.1. The maximum atomic E-state index is 13.3. The predicted octanol–water partition coefficient (Wildman–Crippen LogP) is 3.29. The summed E-state index contributed by atoms with van der Waals surface area (Å²) in [6, 6.07) is 9.29. The second-order valence-corrected chi connectivity index (χ2v) is 7.54. The molecule has 158 valence electrons. The van der Waals surface area contributed by atoms with E-state index in [2.05, 4.69) is 0 Å². The lowest BCUT2D eigenvalue weighted by Crippen LogP contribution is -2.31. The van der Waals surface area contributed by atoms with Gasteiger partial charge in [-0.05, 0) is 54.7 Å². The van der Waals surface area contributed by atoms with Gasteiger partial charge in [0.2, 0.25) is 5.91 Å². The smallest absolute Gasteiger partial charge is 0.227 e. The zero-order chi connectivity index (χ0) is 21.1. The zero-order valence-corrected chi connectivity index (χ0v) is 17.7. The van der Waals surface area contributed by atoms with Crippen molar-refractivity contribution in [2.45, 2.75) is 38.8 Å². The number of fused-ring (bicyclic) bond motifs is 1. The fourth-order valence-corrected chi connectivity index (χ4v) is 4.11. The Labute approximate surface area is 176 Å². The molecule has 0 bridgehead atoms. The summed E-state index contributed by atoms with van der Waals surface area (Å²) in [7, 11) is 5.17. The Morgan fingerprint density at radius 2 is 2.00 bits per heavy atom. The molecular formula is C23H27N3O4. The van der Waals surface area contributed by atoms with E-state index in [9.17, 15) is 4.79 Å². The van der Waals surface area contributed by atoms with E-state index in [-0.39, 0.29) is 12.3 Å². The van der Waals surface area contributed by atoms with Gasteiger partial charge in [-0.25, -0.2) is 0 Å². The third-order valence-corrected chi connectivity index (χ3v) is 5.62. The lowest BCUT2D eigenvalue weighted by molar-refractivity contribution is -0.132. The molecular weight excluding hydrogens is 382 g/mol. The molecule has 1 aliphatic carbocycles. The number of hydrogen-bond donors (Lipinski definition) is 0. The number of amides is 1. The number of carbonyl (C=O) groups excluding carboxylic acids is 1. The van der Waals surface area contributed by atoms with E-state index >= 15 is 0 Å². The van der Waals surface area contributed by atoms with Crippen LogP contribution < -0.4 is 9.47 Å². The molecule has 30 heavy (non-hydrogen) atoms. The molecule has 0 N–H and O–H groups in total. The van der Waals surface area contributed by atoms with Crippen molar-refractivity contribution in [3.63, 3.8) is 0 Å². The van der Waals surface area contributed by atoms with Crippen molar-refractivity contribution >= 4 is 5.91 Å². The van der Waals surface area contributed by atoms with Gasteiger partial charge in [0.05, 0.1) is 45.7 Å². The first-order valence-electron chi connectivity index (χ1n) is 10.1. The lowest BCUT2D eigenvalue weighted by atomic mass is 10.1. The standard InChI is InChI=1S/C23H27N3O4/c1-25-20-8-4-7-18(20)19(24-25)15-26(14-17-6-5-11-30-17)23(27)13-16-9-10-21(28-2)22(12-16)29-3/h5-6,9-12H,4,7-8,13-15H2,1-3H3. The average Bonchev–Trinajstić information content (AvgIpc) is 3.48. The van der Waals surface area contributed by atoms with Crippen LogP contribution in [0.5, 0.6) is 11.5 Å². The molecule has 0 spiro atoms. The Hall–Kier alpha value is -3.22. The summed E-state index contributed by atoms with van der Waals surface area (Å²) >= 11 is 0. The van der Waals surface area contributed by atoms with Crippen molar-refractivity contribution in [1.29, 1.82) is 0 Å². The number of carbonyl (C=O) groups is 1. The quantitative estimate of drug-likeness (QED) is 0.571. The van der Waals surface area contributed by atoms with Crippen molar-refractivity contribution in [3.8, 4) is 11.5 Å².